The van der Waals surface area contributed by atoms with Crippen molar-refractivity contribution in [3.05, 3.63) is 18.3 Å². The summed E-state index contributed by atoms with van der Waals surface area (Å²) >= 11 is 0. The fraction of sp³-hybridized carbons (Fsp3) is 0.286. The largest absolute Gasteiger partial charge is 0.492 e. The Bertz CT molecular complexity index is 255. The third-order valence-electron chi connectivity index (χ3n) is 1.46. The number of anilines is 1. The molecule has 0 amide bonds. The average molecular weight is 166 g/mol. The Hall–Kier alpha value is -1.07. The summed E-state index contributed by atoms with van der Waals surface area (Å²) < 4.78 is 0. The van der Waals surface area contributed by atoms with Crippen LogP contribution in [0.3, 0.4) is 0 Å². The minimum atomic E-state index is -1.47. The van der Waals surface area contributed by atoms with E-state index in [1.54, 1.807) is 18.3 Å². The maximum absolute atomic E-state index is 8.91. The molecule has 3 N–H and O–H groups in total. The van der Waals surface area contributed by atoms with Crippen molar-refractivity contribution in [1.82, 2.24) is 4.98 Å². The molecule has 0 saturated carbocycles. The third kappa shape index (κ3) is 1.96. The van der Waals surface area contributed by atoms with Crippen LogP contribution in [0, 0.1) is 0 Å². The van der Waals surface area contributed by atoms with Crippen LogP contribution in [-0.4, -0.2) is 28.7 Å². The van der Waals surface area contributed by atoms with Gasteiger partial charge in [-0.15, -0.1) is 0 Å². The first-order chi connectivity index (χ1) is 5.75. The highest BCUT2D eigenvalue weighted by molar-refractivity contribution is 6.60. The van der Waals surface area contributed by atoms with Crippen molar-refractivity contribution in [2.24, 2.45) is 0 Å². The number of hydrogen-bond acceptors (Lipinski definition) is 4. The van der Waals surface area contributed by atoms with Crippen LogP contribution in [0.15, 0.2) is 18.3 Å². The fourth-order valence-electron chi connectivity index (χ4n) is 0.941. The smallest absolute Gasteiger partial charge is 0.423 e. The topological polar surface area (TPSA) is 65.4 Å². The van der Waals surface area contributed by atoms with E-state index in [1.807, 2.05) is 6.92 Å². The van der Waals surface area contributed by atoms with Crippen molar-refractivity contribution in [1.29, 1.82) is 0 Å². The van der Waals surface area contributed by atoms with E-state index in [9.17, 15) is 0 Å². The maximum Gasteiger partial charge on any atom is 0.492 e. The molecule has 12 heavy (non-hydrogen) atoms. The van der Waals surface area contributed by atoms with Gasteiger partial charge in [0, 0.05) is 18.2 Å². The highest BCUT2D eigenvalue weighted by Gasteiger charge is 2.15. The van der Waals surface area contributed by atoms with E-state index in [2.05, 4.69) is 10.3 Å². The van der Waals surface area contributed by atoms with Crippen LogP contribution < -0.4 is 10.8 Å². The molecule has 1 rings (SSSR count). The number of aromatic nitrogens is 1. The summed E-state index contributed by atoms with van der Waals surface area (Å²) in [5.74, 6) is 0.523. The normalized spacial score (nSPS) is 9.58. The lowest BCUT2D eigenvalue weighted by Gasteiger charge is -2.07. The van der Waals surface area contributed by atoms with E-state index in [4.69, 9.17) is 10.0 Å². The number of hydrogen-bond donors (Lipinski definition) is 3. The van der Waals surface area contributed by atoms with Gasteiger partial charge in [0.15, 0.2) is 0 Å². The molecule has 0 aliphatic heterocycles. The molecule has 1 heterocycles. The first-order valence-corrected chi connectivity index (χ1v) is 3.80. The van der Waals surface area contributed by atoms with Crippen LogP contribution in [0.5, 0.6) is 0 Å². The summed E-state index contributed by atoms with van der Waals surface area (Å²) in [5.41, 5.74) is 0.402. The van der Waals surface area contributed by atoms with Gasteiger partial charge in [-0.1, -0.05) is 6.07 Å². The van der Waals surface area contributed by atoms with Crippen molar-refractivity contribution in [2.75, 3.05) is 11.9 Å². The molecular weight excluding hydrogens is 155 g/mol. The summed E-state index contributed by atoms with van der Waals surface area (Å²) in [6.07, 6.45) is 1.60. The van der Waals surface area contributed by atoms with Crippen LogP contribution in [0.4, 0.5) is 5.82 Å². The van der Waals surface area contributed by atoms with Crippen molar-refractivity contribution in [2.45, 2.75) is 6.92 Å². The molecule has 0 atom stereocenters. The van der Waals surface area contributed by atoms with Crippen LogP contribution in [0.25, 0.3) is 0 Å². The highest BCUT2D eigenvalue weighted by atomic mass is 16.4. The van der Waals surface area contributed by atoms with Gasteiger partial charge < -0.3 is 15.4 Å². The maximum atomic E-state index is 8.91. The van der Waals surface area contributed by atoms with Crippen LogP contribution >= 0.6 is 0 Å². The Morgan fingerprint density at radius 3 is 2.92 bits per heavy atom. The minimum Gasteiger partial charge on any atom is -0.423 e. The Kier molecular flexibility index (Phi) is 3.07. The molecule has 0 spiro atoms. The molecule has 5 heteroatoms. The molecule has 0 fully saturated rings. The lowest BCUT2D eigenvalue weighted by molar-refractivity contribution is 0.426. The molecular formula is C7H11BN2O2. The van der Waals surface area contributed by atoms with Gasteiger partial charge in [-0.25, -0.2) is 4.98 Å². The Morgan fingerprint density at radius 1 is 1.58 bits per heavy atom. The molecule has 4 nitrogen and oxygen atoms in total. The van der Waals surface area contributed by atoms with Gasteiger partial charge in [0.1, 0.15) is 5.82 Å². The average Bonchev–Trinajstić information content (AvgIpc) is 2.05. The molecule has 0 saturated heterocycles. The second-order valence-corrected chi connectivity index (χ2v) is 2.35. The minimum absolute atomic E-state index is 0.402. The third-order valence-corrected chi connectivity index (χ3v) is 1.46. The number of rotatable bonds is 3. The highest BCUT2D eigenvalue weighted by Crippen LogP contribution is 1.97. The van der Waals surface area contributed by atoms with Crippen molar-refractivity contribution in [3.63, 3.8) is 0 Å². The molecule has 0 bridgehead atoms. The summed E-state index contributed by atoms with van der Waals surface area (Å²) in [4.78, 5) is 3.96. The predicted molar refractivity (Wildman–Crippen MR) is 48.2 cm³/mol. The summed E-state index contributed by atoms with van der Waals surface area (Å²) in [6.45, 7) is 2.62. The Balaban J connectivity index is 2.92. The predicted octanol–water partition coefficient (Wildman–Crippen LogP) is -0.807. The molecule has 0 aliphatic rings. The standard InChI is InChI=1S/C7H11BN2O2/c1-2-9-7-6(8(11)12)4-3-5-10-7/h3-5,11-12H,2H2,1H3,(H,9,10). The Morgan fingerprint density at radius 2 is 2.33 bits per heavy atom. The molecule has 0 radical (unpaired) electrons. The second-order valence-electron chi connectivity index (χ2n) is 2.35. The first kappa shape index (κ1) is 9.03. The van der Waals surface area contributed by atoms with E-state index >= 15 is 0 Å². The van der Waals surface area contributed by atoms with Crippen LogP contribution in [0.2, 0.25) is 0 Å². The van der Waals surface area contributed by atoms with Gasteiger partial charge in [-0.05, 0) is 13.0 Å². The molecule has 64 valence electrons. The lowest BCUT2D eigenvalue weighted by atomic mass is 9.80. The van der Waals surface area contributed by atoms with Crippen LogP contribution in [0.1, 0.15) is 6.92 Å². The van der Waals surface area contributed by atoms with E-state index in [-0.39, 0.29) is 0 Å². The van der Waals surface area contributed by atoms with Gasteiger partial charge in [0.2, 0.25) is 0 Å². The van der Waals surface area contributed by atoms with E-state index in [1.165, 1.54) is 0 Å². The molecule has 1 aromatic heterocycles. The fourth-order valence-corrected chi connectivity index (χ4v) is 0.941. The number of nitrogens with one attached hydrogen (secondary N) is 1. The quantitative estimate of drug-likeness (QED) is 0.514. The molecule has 0 aliphatic carbocycles. The van der Waals surface area contributed by atoms with Gasteiger partial charge in [0.25, 0.3) is 0 Å². The second kappa shape index (κ2) is 4.08. The van der Waals surface area contributed by atoms with Crippen molar-refractivity contribution in [3.8, 4) is 0 Å². The molecule has 1 aromatic rings. The van der Waals surface area contributed by atoms with E-state index in [0.717, 1.165) is 0 Å². The molecule has 0 unspecified atom stereocenters. The van der Waals surface area contributed by atoms with Gasteiger partial charge in [0.05, 0.1) is 0 Å². The first-order valence-electron chi connectivity index (χ1n) is 3.80. The molecule has 0 aromatic carbocycles. The zero-order valence-corrected chi connectivity index (χ0v) is 6.86. The van der Waals surface area contributed by atoms with E-state index in [0.29, 0.717) is 17.8 Å². The van der Waals surface area contributed by atoms with E-state index < -0.39 is 7.12 Å². The van der Waals surface area contributed by atoms with Gasteiger partial charge in [-0.3, -0.25) is 0 Å². The lowest BCUT2D eigenvalue weighted by Crippen LogP contribution is -2.33. The summed E-state index contributed by atoms with van der Waals surface area (Å²) in [5, 5.41) is 20.7. The monoisotopic (exact) mass is 166 g/mol. The number of pyridine rings is 1. The SMILES string of the molecule is CCNc1ncccc1B(O)O. The van der Waals surface area contributed by atoms with Crippen molar-refractivity contribution >= 4 is 18.4 Å². The van der Waals surface area contributed by atoms with Gasteiger partial charge >= 0.3 is 7.12 Å². The summed E-state index contributed by atoms with van der Waals surface area (Å²) in [6, 6.07) is 3.28. The summed E-state index contributed by atoms with van der Waals surface area (Å²) in [7, 11) is -1.47. The number of nitrogens with zero attached hydrogens (tertiary/aromatic N) is 1. The zero-order valence-electron chi connectivity index (χ0n) is 6.86. The zero-order chi connectivity index (χ0) is 8.97. The Labute approximate surface area is 71.4 Å². The van der Waals surface area contributed by atoms with Crippen LogP contribution in [-0.2, 0) is 0 Å². The van der Waals surface area contributed by atoms with Gasteiger partial charge in [-0.2, -0.15) is 0 Å². The van der Waals surface area contributed by atoms with Crippen molar-refractivity contribution < 1.29 is 10.0 Å².